The van der Waals surface area contributed by atoms with E-state index in [2.05, 4.69) is 23.4 Å². The van der Waals surface area contributed by atoms with Gasteiger partial charge in [-0.25, -0.2) is 0 Å². The first-order valence-corrected chi connectivity index (χ1v) is 3.93. The fraction of sp³-hybridized carbons (Fsp3) is 0.500. The molecule has 1 aliphatic heterocycles. The van der Waals surface area contributed by atoms with E-state index in [9.17, 15) is 0 Å². The predicted molar refractivity (Wildman–Crippen MR) is 46.5 cm³/mol. The molecule has 1 radical (unpaired) electrons. The van der Waals surface area contributed by atoms with E-state index in [1.807, 2.05) is 29.7 Å². The van der Waals surface area contributed by atoms with Gasteiger partial charge in [0.2, 0.25) is 0 Å². The molecular formula is C8H11N4Y-. The molecule has 1 aromatic heterocycles. The Morgan fingerprint density at radius 3 is 2.92 bits per heavy atom. The molecule has 0 spiro atoms. The van der Waals surface area contributed by atoms with E-state index in [0.29, 0.717) is 0 Å². The van der Waals surface area contributed by atoms with E-state index in [1.165, 1.54) is 0 Å². The molecule has 0 N–H and O–H groups in total. The third-order valence-electron chi connectivity index (χ3n) is 2.17. The van der Waals surface area contributed by atoms with Crippen molar-refractivity contribution in [2.75, 3.05) is 7.05 Å². The van der Waals surface area contributed by atoms with Crippen LogP contribution in [0.2, 0.25) is 0 Å². The average molecular weight is 252 g/mol. The first kappa shape index (κ1) is 10.9. The predicted octanol–water partition coefficient (Wildman–Crippen LogP) is 1.19. The van der Waals surface area contributed by atoms with Crippen LogP contribution < -0.4 is 0 Å². The Hall–Kier alpha value is -0.216. The summed E-state index contributed by atoms with van der Waals surface area (Å²) in [7, 11) is 1.94. The zero-order valence-electron chi connectivity index (χ0n) is 8.02. The first-order chi connectivity index (χ1) is 5.70. The third-order valence-corrected chi connectivity index (χ3v) is 2.17. The summed E-state index contributed by atoms with van der Waals surface area (Å²) in [4.78, 5) is 6.06. The molecule has 2 rings (SSSR count). The standard InChI is InChI=1S/C8H11N4.Y/c1-6-4-10-12-7(2)11(3)5-9-8(6)12;/h4,7H,1-3H3;/q-1;. The molecule has 0 saturated carbocycles. The van der Waals surface area contributed by atoms with Gasteiger partial charge >= 0.3 is 0 Å². The fourth-order valence-electron chi connectivity index (χ4n) is 1.23. The fourth-order valence-corrected chi connectivity index (χ4v) is 1.23. The van der Waals surface area contributed by atoms with Crippen LogP contribution in [0.5, 0.6) is 0 Å². The van der Waals surface area contributed by atoms with E-state index < -0.39 is 0 Å². The topological polar surface area (TPSA) is 33.4 Å². The Morgan fingerprint density at radius 1 is 1.54 bits per heavy atom. The van der Waals surface area contributed by atoms with Crippen molar-refractivity contribution in [1.82, 2.24) is 14.7 Å². The summed E-state index contributed by atoms with van der Waals surface area (Å²) in [6.07, 6.45) is 4.96. The van der Waals surface area contributed by atoms with Gasteiger partial charge in [-0.2, -0.15) is 5.10 Å². The maximum atomic E-state index is 4.23. The summed E-state index contributed by atoms with van der Waals surface area (Å²) < 4.78 is 1.89. The second-order valence-corrected chi connectivity index (χ2v) is 3.05. The molecule has 0 bridgehead atoms. The van der Waals surface area contributed by atoms with Crippen LogP contribution in [0, 0.1) is 6.92 Å². The van der Waals surface area contributed by atoms with Gasteiger partial charge in [-0.3, -0.25) is 0 Å². The molecule has 67 valence electrons. The first-order valence-electron chi connectivity index (χ1n) is 3.93. The molecule has 1 aromatic rings. The molecular weight excluding hydrogens is 241 g/mol. The van der Waals surface area contributed by atoms with Crippen molar-refractivity contribution >= 4 is 12.2 Å². The summed E-state index contributed by atoms with van der Waals surface area (Å²) >= 11 is 0. The molecule has 1 atom stereocenters. The zero-order chi connectivity index (χ0) is 8.72. The molecule has 0 amide bonds. The number of nitrogens with zero attached hydrogens (tertiary/aromatic N) is 4. The SMILES string of the molecule is Cc1cnn2c1N=[C-]N(C)C2C.[Y]. The second-order valence-electron chi connectivity index (χ2n) is 3.05. The van der Waals surface area contributed by atoms with Gasteiger partial charge in [-0.15, -0.1) is 0 Å². The monoisotopic (exact) mass is 252 g/mol. The summed E-state index contributed by atoms with van der Waals surface area (Å²) in [6.45, 7) is 4.07. The number of aryl methyl sites for hydroxylation is 1. The van der Waals surface area contributed by atoms with Crippen LogP contribution in [-0.2, 0) is 32.7 Å². The Kier molecular flexibility index (Phi) is 3.25. The van der Waals surface area contributed by atoms with Crippen LogP contribution in [0.1, 0.15) is 18.7 Å². The molecule has 1 unspecified atom stereocenters. The zero-order valence-corrected chi connectivity index (χ0v) is 10.9. The minimum atomic E-state index is 0. The van der Waals surface area contributed by atoms with Gasteiger partial charge in [-0.05, 0) is 14.0 Å². The van der Waals surface area contributed by atoms with Gasteiger partial charge < -0.3 is 14.6 Å². The number of rotatable bonds is 0. The van der Waals surface area contributed by atoms with Crippen molar-refractivity contribution in [1.29, 1.82) is 0 Å². The van der Waals surface area contributed by atoms with Gasteiger partial charge in [0.25, 0.3) is 0 Å². The molecule has 13 heavy (non-hydrogen) atoms. The number of hydrogen-bond acceptors (Lipinski definition) is 3. The smallest absolute Gasteiger partial charge is 0.0895 e. The maximum absolute atomic E-state index is 4.23. The molecule has 0 aliphatic carbocycles. The Morgan fingerprint density at radius 2 is 2.23 bits per heavy atom. The van der Waals surface area contributed by atoms with E-state index >= 15 is 0 Å². The molecule has 2 heterocycles. The van der Waals surface area contributed by atoms with Crippen LogP contribution >= 0.6 is 0 Å². The summed E-state index contributed by atoms with van der Waals surface area (Å²) in [5, 5.41) is 4.23. The van der Waals surface area contributed by atoms with E-state index in [4.69, 9.17) is 0 Å². The van der Waals surface area contributed by atoms with Crippen molar-refractivity contribution in [3.05, 3.63) is 11.8 Å². The van der Waals surface area contributed by atoms with E-state index in [0.717, 1.165) is 11.4 Å². The summed E-state index contributed by atoms with van der Waals surface area (Å²) in [5.74, 6) is 0.917. The molecule has 1 aliphatic rings. The molecule has 4 nitrogen and oxygen atoms in total. The van der Waals surface area contributed by atoms with E-state index in [-0.39, 0.29) is 38.9 Å². The third kappa shape index (κ3) is 1.70. The quantitative estimate of drug-likeness (QED) is 0.650. The van der Waals surface area contributed by atoms with Gasteiger partial charge in [-0.1, -0.05) is 18.8 Å². The van der Waals surface area contributed by atoms with Crippen molar-refractivity contribution in [2.24, 2.45) is 4.99 Å². The number of aliphatic imine (C=N–C) groups is 1. The van der Waals surface area contributed by atoms with Crippen LogP contribution in [-0.4, -0.2) is 28.1 Å². The van der Waals surface area contributed by atoms with Gasteiger partial charge in [0.15, 0.2) is 0 Å². The van der Waals surface area contributed by atoms with Crippen molar-refractivity contribution in [2.45, 2.75) is 20.0 Å². The average Bonchev–Trinajstić information content (AvgIpc) is 2.41. The Bertz CT molecular complexity index is 331. The summed E-state index contributed by atoms with van der Waals surface area (Å²) in [5.41, 5.74) is 1.10. The van der Waals surface area contributed by atoms with Gasteiger partial charge in [0.05, 0.1) is 6.17 Å². The van der Waals surface area contributed by atoms with Crippen molar-refractivity contribution in [3.8, 4) is 0 Å². The second kappa shape index (κ2) is 3.88. The molecule has 0 fully saturated rings. The van der Waals surface area contributed by atoms with Gasteiger partial charge in [0, 0.05) is 44.7 Å². The Labute approximate surface area is 103 Å². The molecule has 5 heteroatoms. The molecule has 0 aromatic carbocycles. The normalized spacial score (nSPS) is 19.6. The maximum Gasteiger partial charge on any atom is 0.0895 e. The minimum absolute atomic E-state index is 0. The van der Waals surface area contributed by atoms with Crippen molar-refractivity contribution < 1.29 is 32.7 Å². The van der Waals surface area contributed by atoms with Crippen molar-refractivity contribution in [3.63, 3.8) is 0 Å². The largest absolute Gasteiger partial charge is 0.430 e. The number of aromatic nitrogens is 2. The van der Waals surface area contributed by atoms with E-state index in [1.54, 1.807) is 0 Å². The van der Waals surface area contributed by atoms with Crippen LogP contribution in [0.4, 0.5) is 5.82 Å². The Balaban J connectivity index is 0.000000845. The van der Waals surface area contributed by atoms with Crippen LogP contribution in [0.3, 0.4) is 0 Å². The number of hydrogen-bond donors (Lipinski definition) is 0. The van der Waals surface area contributed by atoms with Crippen LogP contribution in [0.25, 0.3) is 0 Å². The summed E-state index contributed by atoms with van der Waals surface area (Å²) in [6, 6.07) is 0. The van der Waals surface area contributed by atoms with Gasteiger partial charge in [0.1, 0.15) is 0 Å². The minimum Gasteiger partial charge on any atom is -0.430 e. The molecule has 0 saturated heterocycles. The van der Waals surface area contributed by atoms with Crippen LogP contribution in [0.15, 0.2) is 11.2 Å². The number of fused-ring (bicyclic) bond motifs is 1.